The van der Waals surface area contributed by atoms with Gasteiger partial charge in [-0.3, -0.25) is 0 Å². The molecule has 0 heterocycles. The Hall–Kier alpha value is -1.61. The van der Waals surface area contributed by atoms with E-state index in [1.54, 1.807) is 6.07 Å². The van der Waals surface area contributed by atoms with E-state index in [1.165, 1.54) is 12.1 Å². The number of hydrogen-bond acceptors (Lipinski definition) is 1. The van der Waals surface area contributed by atoms with Crippen molar-refractivity contribution in [3.63, 3.8) is 0 Å². The summed E-state index contributed by atoms with van der Waals surface area (Å²) in [5, 5.41) is 3.15. The second-order valence-corrected chi connectivity index (χ2v) is 4.67. The maximum absolute atomic E-state index is 13.0. The third kappa shape index (κ3) is 3.70. The highest BCUT2D eigenvalue weighted by Crippen LogP contribution is 2.22. The van der Waals surface area contributed by atoms with Crippen LogP contribution in [0.25, 0.3) is 6.08 Å². The van der Waals surface area contributed by atoms with Crippen LogP contribution in [0.15, 0.2) is 59.1 Å². The molecule has 0 aliphatic rings. The highest BCUT2D eigenvalue weighted by molar-refractivity contribution is 9.10. The van der Waals surface area contributed by atoms with Gasteiger partial charge in [-0.2, -0.15) is 0 Å². The Kier molecular flexibility index (Phi) is 4.53. The first-order valence-corrected chi connectivity index (χ1v) is 6.45. The van der Waals surface area contributed by atoms with Crippen LogP contribution in [0, 0.1) is 5.82 Å². The normalized spacial score (nSPS) is 10.8. The average Bonchev–Trinajstić information content (AvgIpc) is 2.40. The molecule has 1 nitrogen and oxygen atoms in total. The zero-order valence-electron chi connectivity index (χ0n) is 9.74. The molecule has 92 valence electrons. The fraction of sp³-hybridized carbons (Fsp3) is 0.0667. The summed E-state index contributed by atoms with van der Waals surface area (Å²) < 4.78 is 13.9. The summed E-state index contributed by atoms with van der Waals surface area (Å²) in [7, 11) is 0. The van der Waals surface area contributed by atoms with Crippen molar-refractivity contribution in [2.24, 2.45) is 0 Å². The molecule has 1 N–H and O–H groups in total. The maximum Gasteiger partial charge on any atom is 0.125 e. The molecule has 0 radical (unpaired) electrons. The topological polar surface area (TPSA) is 12.0 Å². The molecule has 2 rings (SSSR count). The number of nitrogens with one attached hydrogen (secondary N) is 1. The number of rotatable bonds is 4. The second kappa shape index (κ2) is 6.36. The molecule has 0 spiro atoms. The minimum absolute atomic E-state index is 0.243. The van der Waals surface area contributed by atoms with Crippen molar-refractivity contribution in [3.05, 3.63) is 70.5 Å². The average molecular weight is 306 g/mol. The molecule has 0 aromatic heterocycles. The fourth-order valence-corrected chi connectivity index (χ4v) is 1.95. The van der Waals surface area contributed by atoms with Gasteiger partial charge in [-0.05, 0) is 39.7 Å². The van der Waals surface area contributed by atoms with E-state index in [1.807, 2.05) is 42.5 Å². The molecule has 0 atom stereocenters. The van der Waals surface area contributed by atoms with Crippen molar-refractivity contribution >= 4 is 27.7 Å². The molecule has 3 heteroatoms. The van der Waals surface area contributed by atoms with Crippen LogP contribution in [0.4, 0.5) is 10.1 Å². The summed E-state index contributed by atoms with van der Waals surface area (Å²) in [5.41, 5.74) is 1.91. The molecular formula is C15H13BrFN. The Morgan fingerprint density at radius 3 is 2.67 bits per heavy atom. The van der Waals surface area contributed by atoms with E-state index in [0.717, 1.165) is 15.7 Å². The van der Waals surface area contributed by atoms with Gasteiger partial charge in [0.25, 0.3) is 0 Å². The third-order valence-corrected chi connectivity index (χ3v) is 3.14. The zero-order chi connectivity index (χ0) is 12.8. The molecule has 2 aromatic carbocycles. The smallest absolute Gasteiger partial charge is 0.125 e. The van der Waals surface area contributed by atoms with Crippen LogP contribution in [0.2, 0.25) is 0 Å². The van der Waals surface area contributed by atoms with Crippen molar-refractivity contribution in [1.82, 2.24) is 0 Å². The lowest BCUT2D eigenvalue weighted by molar-refractivity contribution is 0.628. The summed E-state index contributed by atoms with van der Waals surface area (Å²) in [6, 6.07) is 14.6. The van der Waals surface area contributed by atoms with Crippen LogP contribution >= 0.6 is 15.9 Å². The highest BCUT2D eigenvalue weighted by Gasteiger charge is 1.99. The number of anilines is 1. The van der Waals surface area contributed by atoms with Crippen LogP contribution < -0.4 is 5.32 Å². The Morgan fingerprint density at radius 1 is 1.11 bits per heavy atom. The molecule has 0 saturated carbocycles. The lowest BCUT2D eigenvalue weighted by atomic mass is 10.2. The van der Waals surface area contributed by atoms with E-state index in [2.05, 4.69) is 21.2 Å². The molecule has 0 unspecified atom stereocenters. The van der Waals surface area contributed by atoms with Crippen LogP contribution in [0.1, 0.15) is 5.56 Å². The number of benzene rings is 2. The van der Waals surface area contributed by atoms with Gasteiger partial charge < -0.3 is 5.32 Å². The van der Waals surface area contributed by atoms with Crippen molar-refractivity contribution in [3.8, 4) is 0 Å². The van der Waals surface area contributed by atoms with E-state index in [0.29, 0.717) is 6.54 Å². The van der Waals surface area contributed by atoms with Crippen LogP contribution in [0.3, 0.4) is 0 Å². The number of hydrogen-bond donors (Lipinski definition) is 1. The van der Waals surface area contributed by atoms with Crippen molar-refractivity contribution < 1.29 is 4.39 Å². The standard InChI is InChI=1S/C15H13BrFN/c16-14-9-8-13(17)11-15(14)18-10-4-7-12-5-2-1-3-6-12/h1-9,11,18H,10H2/b7-4+. The molecule has 0 amide bonds. The van der Waals surface area contributed by atoms with E-state index in [4.69, 9.17) is 0 Å². The second-order valence-electron chi connectivity index (χ2n) is 3.82. The largest absolute Gasteiger partial charge is 0.381 e. The summed E-state index contributed by atoms with van der Waals surface area (Å²) in [5.74, 6) is -0.243. The predicted molar refractivity (Wildman–Crippen MR) is 78.1 cm³/mol. The maximum atomic E-state index is 13.0. The Labute approximate surface area is 114 Å². The molecule has 2 aromatic rings. The predicted octanol–water partition coefficient (Wildman–Crippen LogP) is 4.71. The first-order valence-electron chi connectivity index (χ1n) is 5.66. The van der Waals surface area contributed by atoms with Gasteiger partial charge in [0.05, 0.1) is 5.69 Å². The third-order valence-electron chi connectivity index (χ3n) is 2.45. The van der Waals surface area contributed by atoms with Gasteiger partial charge in [0.15, 0.2) is 0 Å². The van der Waals surface area contributed by atoms with Gasteiger partial charge in [-0.15, -0.1) is 0 Å². The lowest BCUT2D eigenvalue weighted by Gasteiger charge is -2.05. The van der Waals surface area contributed by atoms with Crippen LogP contribution in [0.5, 0.6) is 0 Å². The van der Waals surface area contributed by atoms with Crippen molar-refractivity contribution in [2.75, 3.05) is 11.9 Å². The molecule has 0 aliphatic heterocycles. The summed E-state index contributed by atoms with van der Waals surface area (Å²) in [6.07, 6.45) is 4.03. The molecule has 0 bridgehead atoms. The first-order chi connectivity index (χ1) is 8.75. The first kappa shape index (κ1) is 12.8. The minimum atomic E-state index is -0.243. The summed E-state index contributed by atoms with van der Waals surface area (Å²) >= 11 is 3.37. The quantitative estimate of drug-likeness (QED) is 0.862. The SMILES string of the molecule is Fc1ccc(Br)c(NC/C=C/c2ccccc2)c1. The minimum Gasteiger partial charge on any atom is -0.381 e. The molecule has 18 heavy (non-hydrogen) atoms. The summed E-state index contributed by atoms with van der Waals surface area (Å²) in [6.45, 7) is 0.650. The van der Waals surface area contributed by atoms with Crippen LogP contribution in [-0.2, 0) is 0 Å². The van der Waals surface area contributed by atoms with Gasteiger partial charge in [-0.1, -0.05) is 42.5 Å². The monoisotopic (exact) mass is 305 g/mol. The van der Waals surface area contributed by atoms with E-state index < -0.39 is 0 Å². The molecule has 0 fully saturated rings. The van der Waals surface area contributed by atoms with Crippen molar-refractivity contribution in [2.45, 2.75) is 0 Å². The Bertz CT molecular complexity index is 537. The van der Waals surface area contributed by atoms with E-state index >= 15 is 0 Å². The Morgan fingerprint density at radius 2 is 1.89 bits per heavy atom. The van der Waals surface area contributed by atoms with Gasteiger partial charge in [0, 0.05) is 11.0 Å². The van der Waals surface area contributed by atoms with Gasteiger partial charge in [0.2, 0.25) is 0 Å². The van der Waals surface area contributed by atoms with Crippen LogP contribution in [-0.4, -0.2) is 6.54 Å². The fourth-order valence-electron chi connectivity index (χ4n) is 1.56. The van der Waals surface area contributed by atoms with Gasteiger partial charge >= 0.3 is 0 Å². The molecular weight excluding hydrogens is 293 g/mol. The van der Waals surface area contributed by atoms with E-state index in [9.17, 15) is 4.39 Å². The lowest BCUT2D eigenvalue weighted by Crippen LogP contribution is -1.99. The van der Waals surface area contributed by atoms with E-state index in [-0.39, 0.29) is 5.82 Å². The van der Waals surface area contributed by atoms with Gasteiger partial charge in [0.1, 0.15) is 5.82 Å². The number of halogens is 2. The zero-order valence-corrected chi connectivity index (χ0v) is 11.3. The van der Waals surface area contributed by atoms with Gasteiger partial charge in [-0.25, -0.2) is 4.39 Å². The highest BCUT2D eigenvalue weighted by atomic mass is 79.9. The molecule has 0 aliphatic carbocycles. The molecule has 0 saturated heterocycles. The summed E-state index contributed by atoms with van der Waals surface area (Å²) in [4.78, 5) is 0. The van der Waals surface area contributed by atoms with Crippen molar-refractivity contribution in [1.29, 1.82) is 0 Å². The Balaban J connectivity index is 1.92.